The van der Waals surface area contributed by atoms with Crippen LogP contribution in [0.4, 0.5) is 5.82 Å². The van der Waals surface area contributed by atoms with E-state index in [4.69, 9.17) is 4.74 Å². The van der Waals surface area contributed by atoms with E-state index in [0.717, 1.165) is 5.69 Å². The zero-order chi connectivity index (χ0) is 11.1. The van der Waals surface area contributed by atoms with Gasteiger partial charge >= 0.3 is 5.97 Å². The van der Waals surface area contributed by atoms with Gasteiger partial charge in [0.2, 0.25) is 0 Å². The number of esters is 1. The molecule has 0 aliphatic heterocycles. The van der Waals surface area contributed by atoms with E-state index in [9.17, 15) is 4.79 Å². The maximum Gasteiger partial charge on any atom is 0.325 e. The number of carbonyl (C=O) groups is 1. The number of hydrogen-bond donors (Lipinski definition) is 1. The number of anilines is 1. The standard InChI is InChI=1S/C9H13N3O3/c1-14-5-7-3-8(12-6-11-7)10-4-9(13)15-2/h3,6H,4-5H2,1-2H3,(H,10,11,12). The van der Waals surface area contributed by atoms with E-state index in [1.165, 1.54) is 13.4 Å². The van der Waals surface area contributed by atoms with Gasteiger partial charge in [0.1, 0.15) is 18.7 Å². The van der Waals surface area contributed by atoms with Crippen molar-refractivity contribution in [1.82, 2.24) is 9.97 Å². The molecule has 1 heterocycles. The van der Waals surface area contributed by atoms with Crippen LogP contribution in [0.2, 0.25) is 0 Å². The lowest BCUT2D eigenvalue weighted by Crippen LogP contribution is -2.15. The Morgan fingerprint density at radius 2 is 2.27 bits per heavy atom. The van der Waals surface area contributed by atoms with Crippen LogP contribution in [0.1, 0.15) is 5.69 Å². The molecule has 6 heteroatoms. The van der Waals surface area contributed by atoms with Crippen molar-refractivity contribution in [2.75, 3.05) is 26.1 Å². The predicted octanol–water partition coefficient (Wildman–Crippen LogP) is 0.208. The average Bonchev–Trinajstić information content (AvgIpc) is 2.27. The summed E-state index contributed by atoms with van der Waals surface area (Å²) in [6.07, 6.45) is 1.41. The van der Waals surface area contributed by atoms with Crippen LogP contribution in [-0.4, -0.2) is 36.7 Å². The second-order valence-corrected chi connectivity index (χ2v) is 2.76. The van der Waals surface area contributed by atoms with Crippen LogP contribution < -0.4 is 5.32 Å². The Labute approximate surface area is 87.6 Å². The largest absolute Gasteiger partial charge is 0.468 e. The van der Waals surface area contributed by atoms with E-state index in [1.54, 1.807) is 13.2 Å². The first kappa shape index (κ1) is 11.4. The van der Waals surface area contributed by atoms with Crippen LogP contribution in [0.25, 0.3) is 0 Å². The monoisotopic (exact) mass is 211 g/mol. The summed E-state index contributed by atoms with van der Waals surface area (Å²) in [4.78, 5) is 18.8. The third kappa shape index (κ3) is 3.90. The molecule has 0 aliphatic rings. The fourth-order valence-corrected chi connectivity index (χ4v) is 0.956. The van der Waals surface area contributed by atoms with Gasteiger partial charge < -0.3 is 14.8 Å². The molecule has 0 saturated carbocycles. The molecule has 0 amide bonds. The van der Waals surface area contributed by atoms with Crippen LogP contribution in [0, 0.1) is 0 Å². The van der Waals surface area contributed by atoms with E-state index in [0.29, 0.717) is 12.4 Å². The Balaban J connectivity index is 2.53. The highest BCUT2D eigenvalue weighted by molar-refractivity contribution is 5.74. The van der Waals surface area contributed by atoms with Crippen molar-refractivity contribution in [2.24, 2.45) is 0 Å². The Hall–Kier alpha value is -1.69. The van der Waals surface area contributed by atoms with Crippen molar-refractivity contribution in [3.63, 3.8) is 0 Å². The molecule has 0 atom stereocenters. The molecule has 0 unspecified atom stereocenters. The first-order chi connectivity index (χ1) is 7.26. The number of carbonyl (C=O) groups excluding carboxylic acids is 1. The van der Waals surface area contributed by atoms with Gasteiger partial charge in [-0.25, -0.2) is 9.97 Å². The minimum absolute atomic E-state index is 0.0833. The Bertz CT molecular complexity index is 330. The molecule has 0 aliphatic carbocycles. The number of hydrogen-bond acceptors (Lipinski definition) is 6. The van der Waals surface area contributed by atoms with Crippen molar-refractivity contribution in [2.45, 2.75) is 6.61 Å². The molecule has 0 fully saturated rings. The summed E-state index contributed by atoms with van der Waals surface area (Å²) in [6, 6.07) is 1.71. The third-order valence-corrected chi connectivity index (χ3v) is 1.66. The minimum Gasteiger partial charge on any atom is -0.468 e. The lowest BCUT2D eigenvalue weighted by Gasteiger charge is -2.04. The molecule has 1 N–H and O–H groups in total. The highest BCUT2D eigenvalue weighted by Gasteiger charge is 2.01. The molecule has 1 aromatic rings. The number of nitrogens with one attached hydrogen (secondary N) is 1. The van der Waals surface area contributed by atoms with E-state index < -0.39 is 0 Å². The Kier molecular flexibility index (Phi) is 4.49. The Morgan fingerprint density at radius 1 is 1.47 bits per heavy atom. The van der Waals surface area contributed by atoms with Crippen LogP contribution in [0.15, 0.2) is 12.4 Å². The van der Waals surface area contributed by atoms with Crippen LogP contribution in [-0.2, 0) is 20.9 Å². The van der Waals surface area contributed by atoms with E-state index >= 15 is 0 Å². The van der Waals surface area contributed by atoms with E-state index in [-0.39, 0.29) is 12.5 Å². The number of rotatable bonds is 5. The molecule has 0 radical (unpaired) electrons. The molecule has 0 bridgehead atoms. The zero-order valence-corrected chi connectivity index (χ0v) is 8.69. The topological polar surface area (TPSA) is 73.3 Å². The lowest BCUT2D eigenvalue weighted by atomic mass is 10.4. The maximum absolute atomic E-state index is 10.8. The molecule has 1 aromatic heterocycles. The quantitative estimate of drug-likeness (QED) is 0.702. The fourth-order valence-electron chi connectivity index (χ4n) is 0.956. The molecule has 1 rings (SSSR count). The van der Waals surface area contributed by atoms with Crippen LogP contribution in [0.5, 0.6) is 0 Å². The third-order valence-electron chi connectivity index (χ3n) is 1.66. The summed E-state index contributed by atoms with van der Waals surface area (Å²) >= 11 is 0. The summed E-state index contributed by atoms with van der Waals surface area (Å²) in [5.74, 6) is 0.226. The fraction of sp³-hybridized carbons (Fsp3) is 0.444. The summed E-state index contributed by atoms with van der Waals surface area (Å²) in [6.45, 7) is 0.495. The van der Waals surface area contributed by atoms with Gasteiger partial charge in [0.05, 0.1) is 19.4 Å². The van der Waals surface area contributed by atoms with Crippen LogP contribution >= 0.6 is 0 Å². The number of ether oxygens (including phenoxy) is 2. The van der Waals surface area contributed by atoms with Gasteiger partial charge in [-0.15, -0.1) is 0 Å². The van der Waals surface area contributed by atoms with Gasteiger partial charge in [0.15, 0.2) is 0 Å². The normalized spacial score (nSPS) is 9.73. The average molecular weight is 211 g/mol. The molecule has 0 aromatic carbocycles. The second-order valence-electron chi connectivity index (χ2n) is 2.76. The van der Waals surface area contributed by atoms with Gasteiger partial charge in [-0.3, -0.25) is 4.79 Å². The zero-order valence-electron chi connectivity index (χ0n) is 8.69. The van der Waals surface area contributed by atoms with Gasteiger partial charge in [0.25, 0.3) is 0 Å². The minimum atomic E-state index is -0.345. The molecule has 82 valence electrons. The number of aromatic nitrogens is 2. The van der Waals surface area contributed by atoms with Crippen molar-refractivity contribution >= 4 is 11.8 Å². The molecular weight excluding hydrogens is 198 g/mol. The summed E-state index contributed by atoms with van der Waals surface area (Å²) in [7, 11) is 2.92. The maximum atomic E-state index is 10.8. The first-order valence-electron chi connectivity index (χ1n) is 4.37. The van der Waals surface area contributed by atoms with Gasteiger partial charge in [-0.05, 0) is 0 Å². The Morgan fingerprint density at radius 3 is 2.93 bits per heavy atom. The van der Waals surface area contributed by atoms with Gasteiger partial charge in [-0.2, -0.15) is 0 Å². The molecule has 0 spiro atoms. The van der Waals surface area contributed by atoms with Crippen molar-refractivity contribution < 1.29 is 14.3 Å². The highest BCUT2D eigenvalue weighted by Crippen LogP contribution is 2.04. The smallest absolute Gasteiger partial charge is 0.325 e. The number of methoxy groups -OCH3 is 2. The first-order valence-corrected chi connectivity index (χ1v) is 4.37. The van der Waals surface area contributed by atoms with E-state index in [1.807, 2.05) is 0 Å². The van der Waals surface area contributed by atoms with Crippen molar-refractivity contribution in [3.05, 3.63) is 18.1 Å². The predicted molar refractivity (Wildman–Crippen MR) is 53.3 cm³/mol. The lowest BCUT2D eigenvalue weighted by molar-refractivity contribution is -0.138. The SMILES string of the molecule is COCc1cc(NCC(=O)OC)ncn1. The summed E-state index contributed by atoms with van der Waals surface area (Å²) in [5, 5.41) is 2.81. The van der Waals surface area contributed by atoms with Crippen molar-refractivity contribution in [3.8, 4) is 0 Å². The van der Waals surface area contributed by atoms with E-state index in [2.05, 4.69) is 20.0 Å². The molecule has 0 saturated heterocycles. The number of nitrogens with zero attached hydrogens (tertiary/aromatic N) is 2. The van der Waals surface area contributed by atoms with Crippen LogP contribution in [0.3, 0.4) is 0 Å². The molecule has 15 heavy (non-hydrogen) atoms. The highest BCUT2D eigenvalue weighted by atomic mass is 16.5. The van der Waals surface area contributed by atoms with Gasteiger partial charge in [0, 0.05) is 13.2 Å². The summed E-state index contributed by atoms with van der Waals surface area (Å²) < 4.78 is 9.40. The second kappa shape index (κ2) is 5.92. The van der Waals surface area contributed by atoms with Crippen molar-refractivity contribution in [1.29, 1.82) is 0 Å². The summed E-state index contributed by atoms with van der Waals surface area (Å²) in [5.41, 5.74) is 0.750. The molecule has 6 nitrogen and oxygen atoms in total. The van der Waals surface area contributed by atoms with Gasteiger partial charge in [-0.1, -0.05) is 0 Å². The molecular formula is C9H13N3O3.